The summed E-state index contributed by atoms with van der Waals surface area (Å²) in [5, 5.41) is 8.95. The van der Waals surface area contributed by atoms with Gasteiger partial charge in [0.05, 0.1) is 11.5 Å². The molecule has 0 fully saturated rings. The Labute approximate surface area is 119 Å². The van der Waals surface area contributed by atoms with Gasteiger partial charge in [-0.25, -0.2) is 8.42 Å². The van der Waals surface area contributed by atoms with Crippen molar-refractivity contribution in [2.24, 2.45) is 0 Å². The Kier molecular flexibility index (Phi) is 4.42. The van der Waals surface area contributed by atoms with Crippen LogP contribution in [-0.2, 0) is 23.1 Å². The van der Waals surface area contributed by atoms with E-state index in [0.717, 1.165) is 17.5 Å². The van der Waals surface area contributed by atoms with E-state index in [1.807, 2.05) is 19.1 Å². The van der Waals surface area contributed by atoms with Gasteiger partial charge in [-0.2, -0.15) is 0 Å². The highest BCUT2D eigenvalue weighted by atomic mass is 32.2. The summed E-state index contributed by atoms with van der Waals surface area (Å²) >= 11 is 0. The molecule has 0 heterocycles. The fourth-order valence-electron chi connectivity index (χ4n) is 1.80. The summed E-state index contributed by atoms with van der Waals surface area (Å²) in [7, 11) is -3.57. The zero-order chi connectivity index (χ0) is 14.6. The first kappa shape index (κ1) is 14.6. The van der Waals surface area contributed by atoms with E-state index in [0.29, 0.717) is 5.69 Å². The van der Waals surface area contributed by atoms with Crippen molar-refractivity contribution in [3.8, 4) is 0 Å². The summed E-state index contributed by atoms with van der Waals surface area (Å²) in [5.74, 6) is 0. The van der Waals surface area contributed by atoms with Gasteiger partial charge in [-0.3, -0.25) is 4.72 Å². The van der Waals surface area contributed by atoms with Gasteiger partial charge in [0.15, 0.2) is 0 Å². The lowest BCUT2D eigenvalue weighted by molar-refractivity contribution is 0.282. The number of anilines is 1. The van der Waals surface area contributed by atoms with Gasteiger partial charge in [0.2, 0.25) is 0 Å². The van der Waals surface area contributed by atoms with Crippen molar-refractivity contribution < 1.29 is 13.5 Å². The van der Waals surface area contributed by atoms with Crippen molar-refractivity contribution in [3.63, 3.8) is 0 Å². The van der Waals surface area contributed by atoms with Crippen LogP contribution in [0.2, 0.25) is 0 Å². The molecule has 0 aliphatic rings. The van der Waals surface area contributed by atoms with Crippen LogP contribution < -0.4 is 4.72 Å². The minimum atomic E-state index is -3.57. The predicted octanol–water partition coefficient (Wildman–Crippen LogP) is 2.54. The van der Waals surface area contributed by atoms with Crippen molar-refractivity contribution >= 4 is 15.7 Å². The van der Waals surface area contributed by atoms with E-state index in [-0.39, 0.29) is 11.5 Å². The second kappa shape index (κ2) is 6.07. The number of aliphatic hydroxyl groups is 1. The number of hydrogen-bond acceptors (Lipinski definition) is 3. The molecule has 5 heteroatoms. The lowest BCUT2D eigenvalue weighted by atomic mass is 10.2. The van der Waals surface area contributed by atoms with Gasteiger partial charge in [-0.15, -0.1) is 0 Å². The SMILES string of the molecule is CCc1ccc(S(=O)(=O)Nc2ccc(CO)cc2)cc1. The molecule has 0 aromatic heterocycles. The molecule has 0 saturated carbocycles. The minimum Gasteiger partial charge on any atom is -0.392 e. The van der Waals surface area contributed by atoms with Crippen molar-refractivity contribution in [1.82, 2.24) is 0 Å². The maximum absolute atomic E-state index is 12.2. The van der Waals surface area contributed by atoms with E-state index in [4.69, 9.17) is 5.11 Å². The highest BCUT2D eigenvalue weighted by Crippen LogP contribution is 2.17. The highest BCUT2D eigenvalue weighted by Gasteiger charge is 2.13. The second-order valence-electron chi connectivity index (χ2n) is 4.46. The minimum absolute atomic E-state index is 0.0640. The molecule has 0 radical (unpaired) electrons. The Bertz CT molecular complexity index is 661. The molecule has 0 spiro atoms. The molecule has 0 aliphatic carbocycles. The third-order valence-electron chi connectivity index (χ3n) is 3.03. The first-order chi connectivity index (χ1) is 9.55. The van der Waals surface area contributed by atoms with Crippen molar-refractivity contribution in [2.45, 2.75) is 24.8 Å². The monoisotopic (exact) mass is 291 g/mol. The standard InChI is InChI=1S/C15H17NO3S/c1-2-12-5-9-15(10-6-12)20(18,19)16-14-7-3-13(11-17)4-8-14/h3-10,16-17H,2,11H2,1H3. The van der Waals surface area contributed by atoms with Crippen LogP contribution in [0.3, 0.4) is 0 Å². The van der Waals surface area contributed by atoms with E-state index in [2.05, 4.69) is 4.72 Å². The molecule has 0 unspecified atom stereocenters. The molecule has 2 rings (SSSR count). The quantitative estimate of drug-likeness (QED) is 0.889. The smallest absolute Gasteiger partial charge is 0.261 e. The predicted molar refractivity (Wildman–Crippen MR) is 79.0 cm³/mol. The van der Waals surface area contributed by atoms with Crippen molar-refractivity contribution in [3.05, 3.63) is 59.7 Å². The molecule has 0 bridgehead atoms. The average molecular weight is 291 g/mol. The highest BCUT2D eigenvalue weighted by molar-refractivity contribution is 7.92. The average Bonchev–Trinajstić information content (AvgIpc) is 2.48. The summed E-state index contributed by atoms with van der Waals surface area (Å²) in [4.78, 5) is 0.237. The lowest BCUT2D eigenvalue weighted by Gasteiger charge is -2.09. The van der Waals surface area contributed by atoms with E-state index in [1.54, 1.807) is 36.4 Å². The zero-order valence-electron chi connectivity index (χ0n) is 11.2. The number of aryl methyl sites for hydroxylation is 1. The van der Waals surface area contributed by atoms with Gasteiger partial charge in [0, 0.05) is 5.69 Å². The van der Waals surface area contributed by atoms with Crippen LogP contribution in [0, 0.1) is 0 Å². The summed E-state index contributed by atoms with van der Waals surface area (Å²) in [6.07, 6.45) is 0.871. The molecule has 2 aromatic rings. The Morgan fingerprint density at radius 2 is 1.50 bits per heavy atom. The van der Waals surface area contributed by atoms with Crippen LogP contribution in [0.4, 0.5) is 5.69 Å². The van der Waals surface area contributed by atoms with Crippen molar-refractivity contribution in [2.75, 3.05) is 4.72 Å². The fourth-order valence-corrected chi connectivity index (χ4v) is 2.86. The summed E-state index contributed by atoms with van der Waals surface area (Å²) in [6.45, 7) is 1.95. The molecule has 0 saturated heterocycles. The van der Waals surface area contributed by atoms with E-state index < -0.39 is 10.0 Å². The Morgan fingerprint density at radius 3 is 2.00 bits per heavy atom. The molecule has 2 aromatic carbocycles. The Hall–Kier alpha value is -1.85. The summed E-state index contributed by atoms with van der Waals surface area (Å²) in [6, 6.07) is 13.4. The van der Waals surface area contributed by atoms with Gasteiger partial charge in [0.25, 0.3) is 10.0 Å². The number of nitrogens with one attached hydrogen (secondary N) is 1. The molecule has 20 heavy (non-hydrogen) atoms. The Morgan fingerprint density at radius 1 is 0.950 bits per heavy atom. The number of benzene rings is 2. The molecule has 2 N–H and O–H groups in total. The molecule has 106 valence electrons. The maximum Gasteiger partial charge on any atom is 0.261 e. The van der Waals surface area contributed by atoms with Gasteiger partial charge >= 0.3 is 0 Å². The number of aliphatic hydroxyl groups excluding tert-OH is 1. The summed E-state index contributed by atoms with van der Waals surface area (Å²) < 4.78 is 26.9. The first-order valence-corrected chi connectivity index (χ1v) is 7.85. The van der Waals surface area contributed by atoms with Crippen LogP contribution in [0.1, 0.15) is 18.1 Å². The molecule has 0 aliphatic heterocycles. The van der Waals surface area contributed by atoms with Gasteiger partial charge in [-0.1, -0.05) is 31.2 Å². The van der Waals surface area contributed by atoms with Gasteiger partial charge < -0.3 is 5.11 Å². The molecular formula is C15H17NO3S. The third-order valence-corrected chi connectivity index (χ3v) is 4.43. The molecule has 4 nitrogen and oxygen atoms in total. The largest absolute Gasteiger partial charge is 0.392 e. The van der Waals surface area contributed by atoms with Crippen LogP contribution >= 0.6 is 0 Å². The molecular weight excluding hydrogens is 274 g/mol. The lowest BCUT2D eigenvalue weighted by Crippen LogP contribution is -2.12. The van der Waals surface area contributed by atoms with E-state index in [9.17, 15) is 8.42 Å². The van der Waals surface area contributed by atoms with Crippen LogP contribution in [-0.4, -0.2) is 13.5 Å². The van der Waals surface area contributed by atoms with Gasteiger partial charge in [0.1, 0.15) is 0 Å². The zero-order valence-corrected chi connectivity index (χ0v) is 12.0. The third kappa shape index (κ3) is 3.37. The fraction of sp³-hybridized carbons (Fsp3) is 0.200. The Balaban J connectivity index is 2.20. The van der Waals surface area contributed by atoms with Crippen LogP contribution in [0.5, 0.6) is 0 Å². The van der Waals surface area contributed by atoms with Crippen molar-refractivity contribution in [1.29, 1.82) is 0 Å². The summed E-state index contributed by atoms with van der Waals surface area (Å²) in [5.41, 5.74) is 2.30. The first-order valence-electron chi connectivity index (χ1n) is 6.36. The second-order valence-corrected chi connectivity index (χ2v) is 6.14. The number of hydrogen-bond donors (Lipinski definition) is 2. The van der Waals surface area contributed by atoms with Crippen LogP contribution in [0.15, 0.2) is 53.4 Å². The number of sulfonamides is 1. The van der Waals surface area contributed by atoms with Gasteiger partial charge in [-0.05, 0) is 41.8 Å². The van der Waals surface area contributed by atoms with Crippen LogP contribution in [0.25, 0.3) is 0 Å². The van der Waals surface area contributed by atoms with E-state index in [1.165, 1.54) is 0 Å². The molecule has 0 amide bonds. The van der Waals surface area contributed by atoms with E-state index >= 15 is 0 Å². The topological polar surface area (TPSA) is 66.4 Å². The maximum atomic E-state index is 12.2. The number of rotatable bonds is 5. The normalized spacial score (nSPS) is 11.3. The molecule has 0 atom stereocenters.